The monoisotopic (exact) mass is 554 g/mol. The zero-order valence-electron chi connectivity index (χ0n) is 22.4. The summed E-state index contributed by atoms with van der Waals surface area (Å²) in [5, 5.41) is 21.0. The summed E-state index contributed by atoms with van der Waals surface area (Å²) in [4.78, 5) is 36.5. The average molecular weight is 555 g/mol. The fraction of sp³-hybridized carbons (Fsp3) is 0.452. The normalized spacial score (nSPS) is 19.9. The van der Waals surface area contributed by atoms with Gasteiger partial charge in [-0.25, -0.2) is 0 Å². The number of rotatable bonds is 16. The summed E-state index contributed by atoms with van der Waals surface area (Å²) in [5.74, 6) is 0.277. The fourth-order valence-corrected chi connectivity index (χ4v) is 5.70. The molecule has 4 atom stereocenters. The number of aliphatic hydroxyl groups excluding tert-OH is 2. The number of hydrogen-bond acceptors (Lipinski definition) is 8. The number of carbonyl (C=O) groups is 3. The van der Waals surface area contributed by atoms with Crippen molar-refractivity contribution in [1.29, 1.82) is 0 Å². The Bertz CT molecular complexity index is 1100. The van der Waals surface area contributed by atoms with Gasteiger partial charge in [0, 0.05) is 43.8 Å². The summed E-state index contributed by atoms with van der Waals surface area (Å²) in [6, 6.07) is 16.6. The molecule has 1 aliphatic rings. The Labute approximate surface area is 234 Å². The van der Waals surface area contributed by atoms with Crippen molar-refractivity contribution in [3.05, 3.63) is 83.4 Å². The van der Waals surface area contributed by atoms with Crippen molar-refractivity contribution in [2.45, 2.75) is 50.9 Å². The van der Waals surface area contributed by atoms with Gasteiger partial charge in [0.15, 0.2) is 12.4 Å². The van der Waals surface area contributed by atoms with Crippen LogP contribution in [0.2, 0.25) is 0 Å². The summed E-state index contributed by atoms with van der Waals surface area (Å²) in [6.07, 6.45) is 4.06. The molecule has 210 valence electrons. The van der Waals surface area contributed by atoms with E-state index in [1.54, 1.807) is 55.3 Å². The maximum absolute atomic E-state index is 12.5. The van der Waals surface area contributed by atoms with Crippen LogP contribution in [0.4, 0.5) is 0 Å². The molecule has 0 radical (unpaired) electrons. The van der Waals surface area contributed by atoms with Crippen LogP contribution < -0.4 is 0 Å². The Morgan fingerprint density at radius 1 is 1.10 bits per heavy atom. The van der Waals surface area contributed by atoms with E-state index in [9.17, 15) is 24.6 Å². The third kappa shape index (κ3) is 10.4. The van der Waals surface area contributed by atoms with Gasteiger partial charge in [0.1, 0.15) is 5.78 Å². The van der Waals surface area contributed by atoms with Crippen LogP contribution in [0.3, 0.4) is 0 Å². The van der Waals surface area contributed by atoms with Crippen molar-refractivity contribution in [3.63, 3.8) is 0 Å². The van der Waals surface area contributed by atoms with Gasteiger partial charge >= 0.3 is 5.97 Å². The van der Waals surface area contributed by atoms with E-state index in [4.69, 9.17) is 9.47 Å². The number of benzene rings is 2. The van der Waals surface area contributed by atoms with Gasteiger partial charge in [-0.1, -0.05) is 66.7 Å². The van der Waals surface area contributed by atoms with Gasteiger partial charge < -0.3 is 19.7 Å². The molecular formula is C31H38O7S. The van der Waals surface area contributed by atoms with Crippen molar-refractivity contribution in [2.75, 3.05) is 25.2 Å². The van der Waals surface area contributed by atoms with Gasteiger partial charge in [0.05, 0.1) is 18.8 Å². The molecular weight excluding hydrogens is 516 g/mol. The predicted octanol–water partition coefficient (Wildman–Crippen LogP) is 4.19. The number of hydrogen-bond donors (Lipinski definition) is 2. The second kappa shape index (κ2) is 16.4. The number of aliphatic hydroxyl groups is 2. The van der Waals surface area contributed by atoms with Crippen LogP contribution in [-0.4, -0.2) is 65.2 Å². The minimum atomic E-state index is -0.741. The zero-order chi connectivity index (χ0) is 28.0. The number of ketones is 2. The molecule has 7 nitrogen and oxygen atoms in total. The molecule has 1 aliphatic carbocycles. The van der Waals surface area contributed by atoms with Gasteiger partial charge in [-0.2, -0.15) is 11.8 Å². The van der Waals surface area contributed by atoms with Crippen molar-refractivity contribution >= 4 is 29.3 Å². The maximum Gasteiger partial charge on any atom is 0.306 e. The van der Waals surface area contributed by atoms with Crippen molar-refractivity contribution in [3.8, 4) is 0 Å². The molecule has 0 heterocycles. The smallest absolute Gasteiger partial charge is 0.306 e. The summed E-state index contributed by atoms with van der Waals surface area (Å²) in [5.41, 5.74) is 2.54. The molecule has 0 amide bonds. The molecule has 39 heavy (non-hydrogen) atoms. The molecule has 0 aliphatic heterocycles. The lowest BCUT2D eigenvalue weighted by molar-refractivity contribution is -0.142. The van der Waals surface area contributed by atoms with E-state index in [0.717, 1.165) is 22.6 Å². The minimum absolute atomic E-state index is 0.0474. The number of esters is 1. The number of Topliss-reactive ketones (excluding diaryl/α,β-unsaturated/α-hetero) is 2. The van der Waals surface area contributed by atoms with Crippen molar-refractivity contribution in [2.24, 2.45) is 11.8 Å². The van der Waals surface area contributed by atoms with Gasteiger partial charge in [0.2, 0.25) is 0 Å². The lowest BCUT2D eigenvalue weighted by Gasteiger charge is -2.18. The maximum atomic E-state index is 12.5. The lowest BCUT2D eigenvalue weighted by atomic mass is 9.91. The highest BCUT2D eigenvalue weighted by atomic mass is 32.2. The Hall–Kier alpha value is -2.78. The zero-order valence-corrected chi connectivity index (χ0v) is 23.2. The van der Waals surface area contributed by atoms with Crippen LogP contribution in [-0.2, 0) is 32.1 Å². The van der Waals surface area contributed by atoms with Crippen molar-refractivity contribution in [1.82, 2.24) is 0 Å². The molecule has 0 unspecified atom stereocenters. The largest absolute Gasteiger partial charge is 0.457 e. The van der Waals surface area contributed by atoms with Gasteiger partial charge in [0.25, 0.3) is 0 Å². The lowest BCUT2D eigenvalue weighted by Crippen LogP contribution is -2.20. The molecule has 2 aromatic rings. The van der Waals surface area contributed by atoms with E-state index < -0.39 is 18.2 Å². The number of thioether (sulfide) groups is 1. The number of carbonyl (C=O) groups excluding carboxylic acids is 3. The summed E-state index contributed by atoms with van der Waals surface area (Å²) in [6.45, 7) is 0.252. The van der Waals surface area contributed by atoms with E-state index in [1.807, 2.05) is 30.3 Å². The first-order chi connectivity index (χ1) is 18.9. The standard InChI is InChI=1S/C31H38O7S/c1-37-20-23-8-5-7-22(17-23)18-25(32)12-13-26-27(29(34)19-28(26)33)14-16-39-15-6-11-31(36)38-21-30(35)24-9-3-2-4-10-24/h2-5,7-10,12-13,17,25-28,32-33H,6,11,14-16,18-21H2,1H3/b13-12+/t25-,26-,27-,28-/m1/s1. The second-order valence-electron chi connectivity index (χ2n) is 9.79. The van der Waals surface area contributed by atoms with Gasteiger partial charge in [-0.15, -0.1) is 0 Å². The number of ether oxygens (including phenoxy) is 2. The molecule has 8 heteroatoms. The first-order valence-electron chi connectivity index (χ1n) is 13.3. The average Bonchev–Trinajstić information content (AvgIpc) is 3.20. The highest BCUT2D eigenvalue weighted by Gasteiger charge is 2.39. The Morgan fingerprint density at radius 3 is 2.64 bits per heavy atom. The first kappa shape index (κ1) is 30.8. The summed E-state index contributed by atoms with van der Waals surface area (Å²) < 4.78 is 10.2. The van der Waals surface area contributed by atoms with Crippen LogP contribution >= 0.6 is 11.8 Å². The van der Waals surface area contributed by atoms with E-state index in [0.29, 0.717) is 31.4 Å². The number of methoxy groups -OCH3 is 1. The molecule has 3 rings (SSSR count). The first-order valence-corrected chi connectivity index (χ1v) is 14.5. The summed E-state index contributed by atoms with van der Waals surface area (Å²) in [7, 11) is 1.64. The molecule has 2 N–H and O–H groups in total. The highest BCUT2D eigenvalue weighted by Crippen LogP contribution is 2.34. The van der Waals surface area contributed by atoms with E-state index in [-0.39, 0.29) is 42.9 Å². The molecule has 1 saturated carbocycles. The van der Waals surface area contributed by atoms with Crippen LogP contribution in [0.25, 0.3) is 0 Å². The van der Waals surface area contributed by atoms with Gasteiger partial charge in [-0.05, 0) is 35.5 Å². The van der Waals surface area contributed by atoms with Crippen LogP contribution in [0, 0.1) is 11.8 Å². The summed E-state index contributed by atoms with van der Waals surface area (Å²) >= 11 is 1.65. The van der Waals surface area contributed by atoms with E-state index in [1.165, 1.54) is 0 Å². The molecule has 1 fully saturated rings. The topological polar surface area (TPSA) is 110 Å². The predicted molar refractivity (Wildman–Crippen MR) is 152 cm³/mol. The third-order valence-corrected chi connectivity index (χ3v) is 7.84. The molecule has 0 aromatic heterocycles. The molecule has 0 spiro atoms. The minimum Gasteiger partial charge on any atom is -0.457 e. The Balaban J connectivity index is 1.35. The third-order valence-electron chi connectivity index (χ3n) is 6.74. The molecule has 0 saturated heterocycles. The second-order valence-corrected chi connectivity index (χ2v) is 11.0. The SMILES string of the molecule is COCc1cccc(C[C@H](O)/C=C/[C@H]2[C@H](O)CC(=O)[C@@H]2CCSCCCC(=O)OCC(=O)c2ccccc2)c1. The van der Waals surface area contributed by atoms with E-state index in [2.05, 4.69) is 0 Å². The van der Waals surface area contributed by atoms with Crippen LogP contribution in [0.5, 0.6) is 0 Å². The Kier molecular flexibility index (Phi) is 12.9. The van der Waals surface area contributed by atoms with Gasteiger partial charge in [-0.3, -0.25) is 14.4 Å². The fourth-order valence-electron chi connectivity index (χ4n) is 4.73. The molecule has 2 aromatic carbocycles. The van der Waals surface area contributed by atoms with Crippen LogP contribution in [0.15, 0.2) is 66.7 Å². The van der Waals surface area contributed by atoms with Crippen molar-refractivity contribution < 1.29 is 34.1 Å². The van der Waals surface area contributed by atoms with E-state index >= 15 is 0 Å². The quantitative estimate of drug-likeness (QED) is 0.138. The molecule has 0 bridgehead atoms. The Morgan fingerprint density at radius 2 is 1.87 bits per heavy atom. The van der Waals surface area contributed by atoms with Crippen LogP contribution in [0.1, 0.15) is 47.2 Å². The highest BCUT2D eigenvalue weighted by molar-refractivity contribution is 7.99.